The Hall–Kier alpha value is -3.66. The Morgan fingerprint density at radius 3 is 2.89 bits per heavy atom. The maximum atomic E-state index is 12.5. The van der Waals surface area contributed by atoms with Crippen LogP contribution in [-0.4, -0.2) is 54.9 Å². The lowest BCUT2D eigenvalue weighted by Crippen LogP contribution is -2.42. The van der Waals surface area contributed by atoms with Crippen LogP contribution in [0.4, 0.5) is 10.5 Å². The Labute approximate surface area is 204 Å². The number of hydrogen-bond donors (Lipinski definition) is 1. The van der Waals surface area contributed by atoms with Crippen LogP contribution < -0.4 is 10.2 Å². The minimum atomic E-state index is -0.323. The molecule has 0 radical (unpaired) electrons. The molecule has 1 aliphatic heterocycles. The summed E-state index contributed by atoms with van der Waals surface area (Å²) in [5, 5.41) is 12.1. The van der Waals surface area contributed by atoms with Crippen molar-refractivity contribution in [1.82, 2.24) is 34.4 Å². The fourth-order valence-corrected chi connectivity index (χ4v) is 4.93. The lowest BCUT2D eigenvalue weighted by Gasteiger charge is -2.34. The molecule has 0 aliphatic carbocycles. The highest BCUT2D eigenvalue weighted by molar-refractivity contribution is 5.95. The van der Waals surface area contributed by atoms with Gasteiger partial charge in [-0.3, -0.25) is 14.3 Å². The van der Waals surface area contributed by atoms with Gasteiger partial charge in [0, 0.05) is 75.4 Å². The van der Waals surface area contributed by atoms with Crippen molar-refractivity contribution in [2.75, 3.05) is 18.6 Å². The normalized spacial score (nSPS) is 15.5. The highest BCUT2D eigenvalue weighted by atomic mass is 16.5. The topological polar surface area (TPSA) is 95.0 Å². The van der Waals surface area contributed by atoms with Crippen LogP contribution >= 0.6 is 0 Å². The van der Waals surface area contributed by atoms with Gasteiger partial charge in [-0.2, -0.15) is 10.2 Å². The van der Waals surface area contributed by atoms with Gasteiger partial charge in [0.15, 0.2) is 0 Å². The quantitative estimate of drug-likeness (QED) is 0.393. The zero-order valence-electron chi connectivity index (χ0n) is 20.5. The summed E-state index contributed by atoms with van der Waals surface area (Å²) in [4.78, 5) is 19.4. The van der Waals surface area contributed by atoms with E-state index in [0.29, 0.717) is 0 Å². The van der Waals surface area contributed by atoms with Crippen molar-refractivity contribution in [3.05, 3.63) is 59.9 Å². The van der Waals surface area contributed by atoms with Crippen LogP contribution in [-0.2, 0) is 44.3 Å². The summed E-state index contributed by atoms with van der Waals surface area (Å²) in [5.74, 6) is 1.02. The number of rotatable bonds is 8. The fourth-order valence-electron chi connectivity index (χ4n) is 4.93. The third-order valence-corrected chi connectivity index (χ3v) is 6.69. The van der Waals surface area contributed by atoms with Gasteiger partial charge >= 0.3 is 6.09 Å². The number of hydrogen-bond acceptors (Lipinski definition) is 6. The van der Waals surface area contributed by atoms with E-state index >= 15 is 0 Å². The smallest absolute Gasteiger partial charge is 0.414 e. The Bertz CT molecular complexity index is 1310. The molecule has 4 aromatic rings. The zero-order chi connectivity index (χ0) is 24.4. The first kappa shape index (κ1) is 23.1. The molecular weight excluding hydrogens is 444 g/mol. The minimum absolute atomic E-state index is 0.0884. The van der Waals surface area contributed by atoms with E-state index in [1.807, 2.05) is 47.1 Å². The summed E-state index contributed by atoms with van der Waals surface area (Å²) in [6.07, 6.45) is 9.88. The van der Waals surface area contributed by atoms with Gasteiger partial charge in [0.2, 0.25) is 0 Å². The summed E-state index contributed by atoms with van der Waals surface area (Å²) in [5.41, 5.74) is 5.26. The number of amides is 1. The summed E-state index contributed by atoms with van der Waals surface area (Å²) >= 11 is 0. The van der Waals surface area contributed by atoms with E-state index in [4.69, 9.17) is 9.72 Å². The number of carbonyl (C=O) groups is 1. The van der Waals surface area contributed by atoms with Crippen LogP contribution in [0.25, 0.3) is 11.0 Å². The molecule has 0 fully saturated rings. The zero-order valence-corrected chi connectivity index (χ0v) is 20.5. The molecule has 10 nitrogen and oxygen atoms in total. The second kappa shape index (κ2) is 9.91. The first-order valence-electron chi connectivity index (χ1n) is 12.1. The summed E-state index contributed by atoms with van der Waals surface area (Å²) in [6.45, 7) is 5.18. The number of nitrogens with one attached hydrogen (secondary N) is 1. The highest BCUT2D eigenvalue weighted by Gasteiger charge is 2.31. The molecule has 5 rings (SSSR count). The van der Waals surface area contributed by atoms with Crippen molar-refractivity contribution >= 4 is 22.8 Å². The van der Waals surface area contributed by atoms with Crippen molar-refractivity contribution in [3.8, 4) is 0 Å². The van der Waals surface area contributed by atoms with E-state index in [-0.39, 0.29) is 12.1 Å². The number of aromatic nitrogens is 6. The third-order valence-electron chi connectivity index (χ3n) is 6.69. The van der Waals surface area contributed by atoms with E-state index in [9.17, 15) is 4.79 Å². The number of methoxy groups -OCH3 is 1. The molecule has 184 valence electrons. The van der Waals surface area contributed by atoms with Crippen molar-refractivity contribution in [2.45, 2.75) is 51.9 Å². The Morgan fingerprint density at radius 1 is 1.26 bits per heavy atom. The summed E-state index contributed by atoms with van der Waals surface area (Å²) in [7, 11) is 3.36. The van der Waals surface area contributed by atoms with Gasteiger partial charge in [0.1, 0.15) is 5.82 Å². The molecule has 0 saturated heterocycles. The number of benzene rings is 1. The van der Waals surface area contributed by atoms with Gasteiger partial charge in [-0.25, -0.2) is 9.78 Å². The lowest BCUT2D eigenvalue weighted by molar-refractivity contribution is 0.175. The number of nitrogens with zero attached hydrogens (tertiary/aromatic N) is 7. The molecule has 1 N–H and O–H groups in total. The lowest BCUT2D eigenvalue weighted by atomic mass is 9.96. The summed E-state index contributed by atoms with van der Waals surface area (Å²) in [6, 6.07) is 6.16. The van der Waals surface area contributed by atoms with Crippen molar-refractivity contribution in [3.63, 3.8) is 0 Å². The van der Waals surface area contributed by atoms with Crippen LogP contribution in [0.15, 0.2) is 43.0 Å². The first-order valence-corrected chi connectivity index (χ1v) is 12.1. The molecule has 0 bridgehead atoms. The van der Waals surface area contributed by atoms with E-state index in [1.165, 1.54) is 7.11 Å². The second-order valence-electron chi connectivity index (χ2n) is 9.06. The largest absolute Gasteiger partial charge is 0.452 e. The standard InChI is InChI=1S/C25H32N8O2/c1-18-5-6-20-21(33(18)25(34)35-3)7-8-22-24(20)29-23(9-13-31-12-4-10-27-31)32(22)14-11-26-15-19-16-28-30(2)17-19/h4,7-8,10,12,16-18,26H,5-6,9,11,13-15H2,1-3H3/t18-/m0/s1. The van der Waals surface area contributed by atoms with Crippen LogP contribution in [0.3, 0.4) is 0 Å². The molecule has 1 amide bonds. The van der Waals surface area contributed by atoms with Gasteiger partial charge in [-0.15, -0.1) is 0 Å². The van der Waals surface area contributed by atoms with Gasteiger partial charge in [-0.05, 0) is 38.0 Å². The average molecular weight is 477 g/mol. The Morgan fingerprint density at radius 2 is 2.14 bits per heavy atom. The summed E-state index contributed by atoms with van der Waals surface area (Å²) < 4.78 is 11.1. The average Bonchev–Trinajstić information content (AvgIpc) is 3.60. The van der Waals surface area contributed by atoms with Gasteiger partial charge in [0.05, 0.1) is 30.0 Å². The number of anilines is 1. The van der Waals surface area contributed by atoms with Gasteiger partial charge < -0.3 is 14.6 Å². The van der Waals surface area contributed by atoms with Crippen LogP contribution in [0, 0.1) is 0 Å². The molecule has 3 aromatic heterocycles. The predicted octanol–water partition coefficient (Wildman–Crippen LogP) is 2.91. The molecule has 35 heavy (non-hydrogen) atoms. The van der Waals surface area contributed by atoms with E-state index in [0.717, 1.165) is 79.1 Å². The van der Waals surface area contributed by atoms with Gasteiger partial charge in [-0.1, -0.05) is 0 Å². The molecule has 1 aromatic carbocycles. The third kappa shape index (κ3) is 4.66. The Balaban J connectivity index is 1.44. The highest BCUT2D eigenvalue weighted by Crippen LogP contribution is 2.36. The molecule has 10 heteroatoms. The minimum Gasteiger partial charge on any atom is -0.452 e. The molecular formula is C25H32N8O2. The molecule has 1 aliphatic rings. The van der Waals surface area contributed by atoms with E-state index in [2.05, 4.69) is 33.1 Å². The molecule has 0 spiro atoms. The molecule has 0 unspecified atom stereocenters. The van der Waals surface area contributed by atoms with Crippen molar-refractivity contribution < 1.29 is 9.53 Å². The number of imidazole rings is 1. The van der Waals surface area contributed by atoms with Gasteiger partial charge in [0.25, 0.3) is 0 Å². The first-order chi connectivity index (χ1) is 17.0. The maximum absolute atomic E-state index is 12.5. The van der Waals surface area contributed by atoms with Crippen LogP contribution in [0.2, 0.25) is 0 Å². The van der Waals surface area contributed by atoms with Crippen LogP contribution in [0.5, 0.6) is 0 Å². The van der Waals surface area contributed by atoms with Crippen molar-refractivity contribution in [1.29, 1.82) is 0 Å². The SMILES string of the molecule is COC(=O)N1c2ccc3c(nc(CCn4cccn4)n3CCNCc3cnn(C)c3)c2CC[C@@H]1C. The predicted molar refractivity (Wildman–Crippen MR) is 133 cm³/mol. The molecule has 4 heterocycles. The monoisotopic (exact) mass is 476 g/mol. The second-order valence-corrected chi connectivity index (χ2v) is 9.06. The maximum Gasteiger partial charge on any atom is 0.414 e. The Kier molecular flexibility index (Phi) is 6.54. The number of fused-ring (bicyclic) bond motifs is 3. The number of ether oxygens (including phenoxy) is 1. The number of aryl methyl sites for hydroxylation is 4. The molecule has 1 atom stereocenters. The number of carbonyl (C=O) groups excluding carboxylic acids is 1. The van der Waals surface area contributed by atoms with E-state index < -0.39 is 0 Å². The molecule has 0 saturated carbocycles. The fraction of sp³-hybridized carbons (Fsp3) is 0.440. The van der Waals surface area contributed by atoms with Crippen LogP contribution in [0.1, 0.15) is 30.3 Å². The van der Waals surface area contributed by atoms with E-state index in [1.54, 1.807) is 11.1 Å². The van der Waals surface area contributed by atoms with Crippen molar-refractivity contribution in [2.24, 2.45) is 7.05 Å².